The fourth-order valence-electron chi connectivity index (χ4n) is 2.49. The van der Waals surface area contributed by atoms with Crippen LogP contribution in [0.15, 0.2) is 5.10 Å². The van der Waals surface area contributed by atoms with Gasteiger partial charge in [0.1, 0.15) is 0 Å². The number of nitrogens with one attached hydrogen (secondary N) is 2. The summed E-state index contributed by atoms with van der Waals surface area (Å²) in [5.74, 6) is -1.21. The molecule has 0 heterocycles. The van der Waals surface area contributed by atoms with E-state index in [2.05, 4.69) is 29.7 Å². The summed E-state index contributed by atoms with van der Waals surface area (Å²) in [5, 5.41) is 6.86. The van der Waals surface area contributed by atoms with Gasteiger partial charge in [-0.2, -0.15) is 5.10 Å². The molecule has 1 fully saturated rings. The van der Waals surface area contributed by atoms with Crippen molar-refractivity contribution in [2.24, 2.45) is 5.10 Å². The molecule has 1 rings (SSSR count). The smallest absolute Gasteiger partial charge is 0.329 e. The first-order valence-corrected chi connectivity index (χ1v) is 7.83. The lowest BCUT2D eigenvalue weighted by atomic mass is 9.95. The Morgan fingerprint density at radius 2 is 1.60 bits per heavy atom. The summed E-state index contributed by atoms with van der Waals surface area (Å²) in [6.07, 6.45) is 9.12. The second-order valence-corrected chi connectivity index (χ2v) is 5.43. The maximum Gasteiger partial charge on any atom is 0.329 e. The highest BCUT2D eigenvalue weighted by molar-refractivity contribution is 6.35. The van der Waals surface area contributed by atoms with Crippen molar-refractivity contribution in [3.8, 4) is 0 Å². The molecule has 0 unspecified atom stereocenters. The van der Waals surface area contributed by atoms with Crippen LogP contribution < -0.4 is 10.7 Å². The van der Waals surface area contributed by atoms with Crippen molar-refractivity contribution in [1.82, 2.24) is 10.7 Å². The Labute approximate surface area is 121 Å². The predicted octanol–water partition coefficient (Wildman–Crippen LogP) is 2.51. The van der Waals surface area contributed by atoms with Gasteiger partial charge >= 0.3 is 11.8 Å². The minimum Gasteiger partial charge on any atom is -0.345 e. The van der Waals surface area contributed by atoms with Crippen LogP contribution in [0.25, 0.3) is 0 Å². The van der Waals surface area contributed by atoms with E-state index in [1.165, 1.54) is 6.42 Å². The third-order valence-electron chi connectivity index (χ3n) is 3.54. The van der Waals surface area contributed by atoms with Crippen LogP contribution >= 0.6 is 0 Å². The SMILES string of the molecule is CCCC(CCC)=NNC(=O)C(=O)NC1CCCCC1. The van der Waals surface area contributed by atoms with Gasteiger partial charge < -0.3 is 5.32 Å². The Kier molecular flexibility index (Phi) is 7.92. The molecule has 0 spiro atoms. The molecule has 1 aliphatic rings. The molecule has 0 bridgehead atoms. The van der Waals surface area contributed by atoms with E-state index in [-0.39, 0.29) is 6.04 Å². The zero-order valence-electron chi connectivity index (χ0n) is 12.7. The molecule has 2 N–H and O–H groups in total. The van der Waals surface area contributed by atoms with Crippen LogP contribution in [0.5, 0.6) is 0 Å². The first-order valence-electron chi connectivity index (χ1n) is 7.83. The van der Waals surface area contributed by atoms with Gasteiger partial charge in [0.15, 0.2) is 0 Å². The molecule has 1 saturated carbocycles. The summed E-state index contributed by atoms with van der Waals surface area (Å²) < 4.78 is 0. The largest absolute Gasteiger partial charge is 0.345 e. The van der Waals surface area contributed by atoms with Gasteiger partial charge in [-0.1, -0.05) is 46.0 Å². The van der Waals surface area contributed by atoms with Gasteiger partial charge in [0.25, 0.3) is 0 Å². The number of hydrogen-bond acceptors (Lipinski definition) is 3. The van der Waals surface area contributed by atoms with E-state index in [0.717, 1.165) is 57.1 Å². The summed E-state index contributed by atoms with van der Waals surface area (Å²) in [6.45, 7) is 4.14. The first kappa shape index (κ1) is 16.7. The third-order valence-corrected chi connectivity index (χ3v) is 3.54. The van der Waals surface area contributed by atoms with E-state index in [9.17, 15) is 9.59 Å². The van der Waals surface area contributed by atoms with Gasteiger partial charge in [-0.3, -0.25) is 9.59 Å². The summed E-state index contributed by atoms with van der Waals surface area (Å²) >= 11 is 0. The third kappa shape index (κ3) is 6.17. The summed E-state index contributed by atoms with van der Waals surface area (Å²) in [4.78, 5) is 23.4. The van der Waals surface area contributed by atoms with Gasteiger partial charge in [0, 0.05) is 11.8 Å². The first-order chi connectivity index (χ1) is 9.67. The molecule has 0 aromatic heterocycles. The van der Waals surface area contributed by atoms with E-state index in [4.69, 9.17) is 0 Å². The topological polar surface area (TPSA) is 70.6 Å². The number of hydrogen-bond donors (Lipinski definition) is 2. The second-order valence-electron chi connectivity index (χ2n) is 5.43. The van der Waals surface area contributed by atoms with Crippen LogP contribution in [0, 0.1) is 0 Å². The van der Waals surface area contributed by atoms with Crippen molar-refractivity contribution in [3.63, 3.8) is 0 Å². The van der Waals surface area contributed by atoms with Crippen molar-refractivity contribution in [3.05, 3.63) is 0 Å². The molecule has 1 aliphatic carbocycles. The normalized spacial score (nSPS) is 15.5. The molecule has 2 amide bonds. The van der Waals surface area contributed by atoms with Crippen LogP contribution in [0.4, 0.5) is 0 Å². The summed E-state index contributed by atoms with van der Waals surface area (Å²) in [6, 6.07) is 0.150. The van der Waals surface area contributed by atoms with Gasteiger partial charge in [-0.25, -0.2) is 5.43 Å². The van der Waals surface area contributed by atoms with E-state index in [0.29, 0.717) is 0 Å². The van der Waals surface area contributed by atoms with E-state index in [1.807, 2.05) is 0 Å². The number of carbonyl (C=O) groups excluding carboxylic acids is 2. The maximum atomic E-state index is 11.7. The Morgan fingerprint density at radius 1 is 1.00 bits per heavy atom. The van der Waals surface area contributed by atoms with Crippen LogP contribution in [-0.4, -0.2) is 23.6 Å². The molecule has 0 radical (unpaired) electrons. The number of nitrogens with zero attached hydrogens (tertiary/aromatic N) is 1. The average Bonchev–Trinajstić information content (AvgIpc) is 2.46. The Bertz CT molecular complexity index is 339. The number of rotatable bonds is 6. The van der Waals surface area contributed by atoms with E-state index in [1.54, 1.807) is 0 Å². The molecule has 0 aliphatic heterocycles. The molecule has 0 saturated heterocycles. The quantitative estimate of drug-likeness (QED) is 0.446. The van der Waals surface area contributed by atoms with Gasteiger partial charge in [0.2, 0.25) is 0 Å². The fraction of sp³-hybridized carbons (Fsp3) is 0.800. The molecule has 5 nitrogen and oxygen atoms in total. The summed E-state index contributed by atoms with van der Waals surface area (Å²) in [7, 11) is 0. The molecule has 5 heteroatoms. The lowest BCUT2D eigenvalue weighted by Crippen LogP contribution is -2.44. The van der Waals surface area contributed by atoms with Crippen LogP contribution in [0.1, 0.15) is 71.6 Å². The average molecular weight is 281 g/mol. The highest BCUT2D eigenvalue weighted by Crippen LogP contribution is 2.17. The highest BCUT2D eigenvalue weighted by atomic mass is 16.2. The number of carbonyl (C=O) groups is 2. The lowest BCUT2D eigenvalue weighted by Gasteiger charge is -2.22. The van der Waals surface area contributed by atoms with Gasteiger partial charge in [-0.15, -0.1) is 0 Å². The van der Waals surface area contributed by atoms with Crippen LogP contribution in [0.2, 0.25) is 0 Å². The zero-order chi connectivity index (χ0) is 14.8. The molecular formula is C15H27N3O2. The van der Waals surface area contributed by atoms with Gasteiger partial charge in [-0.05, 0) is 25.7 Å². The molecule has 20 heavy (non-hydrogen) atoms. The highest BCUT2D eigenvalue weighted by Gasteiger charge is 2.20. The van der Waals surface area contributed by atoms with Crippen molar-refractivity contribution >= 4 is 17.5 Å². The van der Waals surface area contributed by atoms with Crippen molar-refractivity contribution in [1.29, 1.82) is 0 Å². The molecule has 0 aromatic carbocycles. The molecule has 0 aromatic rings. The monoisotopic (exact) mass is 281 g/mol. The predicted molar refractivity (Wildman–Crippen MR) is 80.4 cm³/mol. The Morgan fingerprint density at radius 3 is 2.15 bits per heavy atom. The van der Waals surface area contributed by atoms with Crippen LogP contribution in [0.3, 0.4) is 0 Å². The second kappa shape index (κ2) is 9.50. The standard InChI is InChI=1S/C15H27N3O2/c1-3-8-13(9-4-2)17-18-15(20)14(19)16-12-10-6-5-7-11-12/h12H,3-11H2,1-2H3,(H,16,19)(H,18,20). The number of amides is 2. The van der Waals surface area contributed by atoms with Crippen molar-refractivity contribution in [2.75, 3.05) is 0 Å². The number of hydrazone groups is 1. The zero-order valence-corrected chi connectivity index (χ0v) is 12.7. The summed E-state index contributed by atoms with van der Waals surface area (Å²) in [5.41, 5.74) is 3.33. The van der Waals surface area contributed by atoms with E-state index < -0.39 is 11.8 Å². The van der Waals surface area contributed by atoms with Gasteiger partial charge in [0.05, 0.1) is 0 Å². The van der Waals surface area contributed by atoms with Crippen molar-refractivity contribution in [2.45, 2.75) is 77.7 Å². The minimum atomic E-state index is -0.653. The van der Waals surface area contributed by atoms with Crippen LogP contribution in [-0.2, 0) is 9.59 Å². The molecular weight excluding hydrogens is 254 g/mol. The molecule has 0 atom stereocenters. The fourth-order valence-corrected chi connectivity index (χ4v) is 2.49. The maximum absolute atomic E-state index is 11.7. The van der Waals surface area contributed by atoms with E-state index >= 15 is 0 Å². The minimum absolute atomic E-state index is 0.150. The Hall–Kier alpha value is -1.39. The van der Waals surface area contributed by atoms with Crippen molar-refractivity contribution < 1.29 is 9.59 Å². The Balaban J connectivity index is 2.39. The lowest BCUT2D eigenvalue weighted by molar-refractivity contribution is -0.139. The molecule has 114 valence electrons.